The first-order valence-corrected chi connectivity index (χ1v) is 10.4. The molecule has 1 fully saturated rings. The first kappa shape index (κ1) is 23.1. The van der Waals surface area contributed by atoms with Crippen molar-refractivity contribution in [3.63, 3.8) is 0 Å². The average Bonchev–Trinajstić information content (AvgIpc) is 3.04. The number of aliphatic hydroxyl groups is 1. The average molecular weight is 438 g/mol. The third-order valence-corrected chi connectivity index (χ3v) is 5.56. The van der Waals surface area contributed by atoms with Gasteiger partial charge in [-0.25, -0.2) is 0 Å². The van der Waals surface area contributed by atoms with Gasteiger partial charge in [-0.05, 0) is 35.6 Å². The summed E-state index contributed by atoms with van der Waals surface area (Å²) in [6.07, 6.45) is 0.529. The molecule has 0 spiro atoms. The molecule has 1 aliphatic rings. The molecular formula is C24H26N2O6. The molecule has 32 heavy (non-hydrogen) atoms. The number of methoxy groups -OCH3 is 1. The molecule has 1 heterocycles. The van der Waals surface area contributed by atoms with E-state index >= 15 is 0 Å². The molecule has 0 radical (unpaired) electrons. The lowest BCUT2D eigenvalue weighted by Crippen LogP contribution is -2.31. The third kappa shape index (κ3) is 4.55. The molecule has 1 atom stereocenters. The van der Waals surface area contributed by atoms with Gasteiger partial charge in [0.2, 0.25) is 0 Å². The number of ketones is 1. The second-order valence-electron chi connectivity index (χ2n) is 7.96. The van der Waals surface area contributed by atoms with Crippen LogP contribution in [0.4, 0.5) is 5.69 Å². The van der Waals surface area contributed by atoms with Crippen molar-refractivity contribution in [2.75, 3.05) is 20.3 Å². The molecule has 2 aromatic rings. The maximum Gasteiger partial charge on any atom is 0.295 e. The Labute approximate surface area is 186 Å². The Morgan fingerprint density at radius 1 is 1.12 bits per heavy atom. The number of likely N-dealkylation sites (tertiary alicyclic amines) is 1. The van der Waals surface area contributed by atoms with Crippen molar-refractivity contribution in [1.29, 1.82) is 0 Å². The fraction of sp³-hybridized carbons (Fsp3) is 0.333. The zero-order valence-electron chi connectivity index (χ0n) is 18.3. The largest absolute Gasteiger partial charge is 0.507 e. The van der Waals surface area contributed by atoms with Gasteiger partial charge in [-0.2, -0.15) is 0 Å². The summed E-state index contributed by atoms with van der Waals surface area (Å²) in [5.41, 5.74) is 1.88. The second-order valence-corrected chi connectivity index (χ2v) is 7.96. The number of aliphatic hydroxyl groups excluding tert-OH is 1. The Morgan fingerprint density at radius 3 is 2.28 bits per heavy atom. The smallest absolute Gasteiger partial charge is 0.295 e. The zero-order valence-corrected chi connectivity index (χ0v) is 18.3. The van der Waals surface area contributed by atoms with Crippen LogP contribution in [-0.2, 0) is 14.3 Å². The number of amides is 1. The predicted molar refractivity (Wildman–Crippen MR) is 119 cm³/mol. The molecule has 3 rings (SSSR count). The summed E-state index contributed by atoms with van der Waals surface area (Å²) in [4.78, 5) is 37.6. The number of non-ortho nitro benzene ring substituents is 1. The molecule has 8 heteroatoms. The van der Waals surface area contributed by atoms with E-state index in [9.17, 15) is 24.8 Å². The van der Waals surface area contributed by atoms with Crippen LogP contribution >= 0.6 is 0 Å². The quantitative estimate of drug-likeness (QED) is 0.165. The summed E-state index contributed by atoms with van der Waals surface area (Å²) in [5.74, 6) is -1.51. The highest BCUT2D eigenvalue weighted by Crippen LogP contribution is 2.40. The minimum atomic E-state index is -0.781. The van der Waals surface area contributed by atoms with E-state index in [4.69, 9.17) is 4.74 Å². The number of hydrogen-bond donors (Lipinski definition) is 1. The molecular weight excluding hydrogens is 412 g/mol. The molecule has 2 aromatic carbocycles. The van der Waals surface area contributed by atoms with Crippen LogP contribution in [-0.4, -0.2) is 46.9 Å². The molecule has 1 aliphatic heterocycles. The Morgan fingerprint density at radius 2 is 1.75 bits per heavy atom. The summed E-state index contributed by atoms with van der Waals surface area (Å²) < 4.78 is 5.08. The number of ether oxygens (including phenoxy) is 1. The molecule has 1 unspecified atom stereocenters. The maximum absolute atomic E-state index is 12.9. The van der Waals surface area contributed by atoms with Crippen LogP contribution < -0.4 is 0 Å². The molecule has 0 saturated carbocycles. The van der Waals surface area contributed by atoms with Crippen LogP contribution in [0, 0.1) is 10.1 Å². The van der Waals surface area contributed by atoms with Gasteiger partial charge in [0.25, 0.3) is 17.4 Å². The minimum absolute atomic E-state index is 0.0291. The van der Waals surface area contributed by atoms with Gasteiger partial charge in [-0.1, -0.05) is 38.1 Å². The van der Waals surface area contributed by atoms with Crippen molar-refractivity contribution in [2.24, 2.45) is 0 Å². The van der Waals surface area contributed by atoms with E-state index in [0.29, 0.717) is 24.5 Å². The summed E-state index contributed by atoms with van der Waals surface area (Å²) in [5, 5.41) is 21.9. The lowest BCUT2D eigenvalue weighted by atomic mass is 9.93. The fourth-order valence-corrected chi connectivity index (χ4v) is 3.80. The number of nitro groups is 1. The number of nitrogens with zero attached hydrogens (tertiary/aromatic N) is 2. The van der Waals surface area contributed by atoms with E-state index in [1.165, 1.54) is 29.2 Å². The molecule has 1 N–H and O–H groups in total. The van der Waals surface area contributed by atoms with E-state index < -0.39 is 22.7 Å². The Kier molecular flexibility index (Phi) is 7.05. The Hall–Kier alpha value is -3.52. The van der Waals surface area contributed by atoms with Crippen LogP contribution in [0.2, 0.25) is 0 Å². The fourth-order valence-electron chi connectivity index (χ4n) is 3.80. The molecule has 1 saturated heterocycles. The van der Waals surface area contributed by atoms with Gasteiger partial charge in [0.05, 0.1) is 16.5 Å². The van der Waals surface area contributed by atoms with E-state index in [1.54, 1.807) is 7.11 Å². The summed E-state index contributed by atoms with van der Waals surface area (Å²) in [7, 11) is 1.56. The monoisotopic (exact) mass is 438 g/mol. The van der Waals surface area contributed by atoms with Crippen LogP contribution in [0.25, 0.3) is 5.76 Å². The molecule has 0 aromatic heterocycles. The lowest BCUT2D eigenvalue weighted by molar-refractivity contribution is -0.384. The van der Waals surface area contributed by atoms with E-state index in [-0.39, 0.29) is 29.1 Å². The van der Waals surface area contributed by atoms with Gasteiger partial charge in [0, 0.05) is 38.0 Å². The van der Waals surface area contributed by atoms with E-state index in [1.807, 2.05) is 24.3 Å². The van der Waals surface area contributed by atoms with Crippen LogP contribution in [0.3, 0.4) is 0 Å². The number of rotatable bonds is 8. The molecule has 168 valence electrons. The highest BCUT2D eigenvalue weighted by atomic mass is 16.6. The van der Waals surface area contributed by atoms with E-state index in [0.717, 1.165) is 5.56 Å². The van der Waals surface area contributed by atoms with Gasteiger partial charge in [0.15, 0.2) is 0 Å². The maximum atomic E-state index is 12.9. The topological polar surface area (TPSA) is 110 Å². The molecule has 1 amide bonds. The summed E-state index contributed by atoms with van der Waals surface area (Å²) >= 11 is 0. The van der Waals surface area contributed by atoms with Crippen molar-refractivity contribution < 1.29 is 24.4 Å². The van der Waals surface area contributed by atoms with Gasteiger partial charge in [0.1, 0.15) is 5.76 Å². The zero-order chi connectivity index (χ0) is 23.4. The van der Waals surface area contributed by atoms with Crippen molar-refractivity contribution in [1.82, 2.24) is 4.90 Å². The van der Waals surface area contributed by atoms with Crippen LogP contribution in [0.5, 0.6) is 0 Å². The van der Waals surface area contributed by atoms with Crippen molar-refractivity contribution in [3.8, 4) is 0 Å². The number of nitro benzene ring substituents is 1. The standard InChI is InChI=1S/C24H26N2O6/c1-15(2)16-5-7-17(8-6-16)21-20(23(28)24(29)25(21)13-4-14-32-3)22(27)18-9-11-19(12-10-18)26(30)31/h5-12,15,21,27H,4,13-14H2,1-3H3/b22-20-. The predicted octanol–water partition coefficient (Wildman–Crippen LogP) is 4.18. The lowest BCUT2D eigenvalue weighted by Gasteiger charge is -2.25. The number of Topliss-reactive ketones (excluding diaryl/α,β-unsaturated/α-hetero) is 1. The highest BCUT2D eigenvalue weighted by molar-refractivity contribution is 6.46. The first-order valence-electron chi connectivity index (χ1n) is 10.4. The van der Waals surface area contributed by atoms with Crippen LogP contribution in [0.15, 0.2) is 54.1 Å². The number of carbonyl (C=O) groups is 2. The SMILES string of the molecule is COCCCN1C(=O)C(=O)/C(=C(\O)c2ccc([N+](=O)[O-])cc2)C1c1ccc(C(C)C)cc1. The molecule has 8 nitrogen and oxygen atoms in total. The Balaban J connectivity index is 2.09. The highest BCUT2D eigenvalue weighted by Gasteiger charge is 2.45. The van der Waals surface area contributed by atoms with Gasteiger partial charge in [-0.3, -0.25) is 19.7 Å². The molecule has 0 aliphatic carbocycles. The van der Waals surface area contributed by atoms with Crippen LogP contribution in [0.1, 0.15) is 48.9 Å². The second kappa shape index (κ2) is 9.74. The number of carbonyl (C=O) groups excluding carboxylic acids is 2. The van der Waals surface area contributed by atoms with Gasteiger partial charge >= 0.3 is 0 Å². The van der Waals surface area contributed by atoms with Gasteiger partial charge < -0.3 is 14.7 Å². The van der Waals surface area contributed by atoms with Crippen molar-refractivity contribution in [2.45, 2.75) is 32.2 Å². The third-order valence-electron chi connectivity index (χ3n) is 5.56. The Bertz CT molecular complexity index is 1040. The number of hydrogen-bond acceptors (Lipinski definition) is 6. The van der Waals surface area contributed by atoms with E-state index in [2.05, 4.69) is 13.8 Å². The summed E-state index contributed by atoms with van der Waals surface area (Å²) in [6.45, 7) is 4.84. The normalized spacial score (nSPS) is 17.9. The minimum Gasteiger partial charge on any atom is -0.507 e. The number of benzene rings is 2. The summed E-state index contributed by atoms with van der Waals surface area (Å²) in [6, 6.07) is 12.1. The molecule has 0 bridgehead atoms. The van der Waals surface area contributed by atoms with Gasteiger partial charge in [-0.15, -0.1) is 0 Å². The van der Waals surface area contributed by atoms with Crippen molar-refractivity contribution >= 4 is 23.1 Å². The van der Waals surface area contributed by atoms with Crippen molar-refractivity contribution in [3.05, 3.63) is 80.9 Å². The first-order chi connectivity index (χ1) is 15.3.